The van der Waals surface area contributed by atoms with Gasteiger partial charge in [0.05, 0.1) is 13.2 Å². The monoisotopic (exact) mass is 383 g/mol. The summed E-state index contributed by atoms with van der Waals surface area (Å²) in [6, 6.07) is 25.9. The number of ether oxygens (including phenoxy) is 1. The van der Waals surface area contributed by atoms with Crippen LogP contribution in [0.25, 0.3) is 10.9 Å². The summed E-state index contributed by atoms with van der Waals surface area (Å²) in [5, 5.41) is 1.17. The first-order chi connectivity index (χ1) is 14.2. The number of rotatable bonds is 8. The fourth-order valence-corrected chi connectivity index (χ4v) is 3.78. The Morgan fingerprint density at radius 1 is 0.931 bits per heavy atom. The van der Waals surface area contributed by atoms with Gasteiger partial charge in [0.15, 0.2) is 5.78 Å². The van der Waals surface area contributed by atoms with Crippen molar-refractivity contribution < 1.29 is 9.53 Å². The van der Waals surface area contributed by atoms with Gasteiger partial charge < -0.3 is 9.72 Å². The molecule has 3 heteroatoms. The van der Waals surface area contributed by atoms with Gasteiger partial charge in [-0.25, -0.2) is 0 Å². The van der Waals surface area contributed by atoms with Gasteiger partial charge in [-0.15, -0.1) is 0 Å². The van der Waals surface area contributed by atoms with E-state index in [0.717, 1.165) is 22.2 Å². The summed E-state index contributed by atoms with van der Waals surface area (Å²) in [5.41, 5.74) is 5.35. The van der Waals surface area contributed by atoms with Crippen LogP contribution in [0.5, 0.6) is 0 Å². The van der Waals surface area contributed by atoms with Gasteiger partial charge in [0.2, 0.25) is 0 Å². The molecule has 0 amide bonds. The summed E-state index contributed by atoms with van der Waals surface area (Å²) < 4.78 is 6.06. The molecule has 1 aromatic heterocycles. The SMILES string of the molecule is Cc1cccc2c([C@H](COCc3ccccc3)CC(=O)c3ccccc3)c[nH]c12. The Balaban J connectivity index is 1.57. The van der Waals surface area contributed by atoms with Gasteiger partial charge in [-0.3, -0.25) is 4.79 Å². The van der Waals surface area contributed by atoms with Crippen LogP contribution in [0.3, 0.4) is 0 Å². The third kappa shape index (κ3) is 4.47. The zero-order chi connectivity index (χ0) is 20.1. The number of fused-ring (bicyclic) bond motifs is 1. The van der Waals surface area contributed by atoms with Crippen LogP contribution in [0.15, 0.2) is 85.1 Å². The predicted molar refractivity (Wildman–Crippen MR) is 117 cm³/mol. The van der Waals surface area contributed by atoms with E-state index in [2.05, 4.69) is 42.2 Å². The number of ketones is 1. The Hall–Kier alpha value is -3.17. The fourth-order valence-electron chi connectivity index (χ4n) is 3.78. The molecule has 3 aromatic carbocycles. The van der Waals surface area contributed by atoms with Gasteiger partial charge in [-0.1, -0.05) is 78.9 Å². The van der Waals surface area contributed by atoms with Crippen molar-refractivity contribution in [3.63, 3.8) is 0 Å². The van der Waals surface area contributed by atoms with E-state index in [0.29, 0.717) is 19.6 Å². The molecule has 3 nitrogen and oxygen atoms in total. The minimum Gasteiger partial charge on any atom is -0.376 e. The molecule has 0 saturated heterocycles. The Kier molecular flexibility index (Phi) is 5.87. The Morgan fingerprint density at radius 2 is 1.66 bits per heavy atom. The van der Waals surface area contributed by atoms with E-state index in [1.165, 1.54) is 10.9 Å². The molecule has 0 unspecified atom stereocenters. The lowest BCUT2D eigenvalue weighted by atomic mass is 9.91. The van der Waals surface area contributed by atoms with Crippen molar-refractivity contribution in [3.8, 4) is 0 Å². The van der Waals surface area contributed by atoms with Crippen molar-refractivity contribution in [1.29, 1.82) is 0 Å². The summed E-state index contributed by atoms with van der Waals surface area (Å²) in [6.07, 6.45) is 2.45. The van der Waals surface area contributed by atoms with Crippen molar-refractivity contribution in [3.05, 3.63) is 107 Å². The summed E-state index contributed by atoms with van der Waals surface area (Å²) >= 11 is 0. The highest BCUT2D eigenvalue weighted by molar-refractivity contribution is 5.97. The molecule has 29 heavy (non-hydrogen) atoms. The minimum atomic E-state index is -0.0121. The van der Waals surface area contributed by atoms with E-state index in [9.17, 15) is 4.79 Å². The van der Waals surface area contributed by atoms with Gasteiger partial charge in [0, 0.05) is 35.0 Å². The first-order valence-corrected chi connectivity index (χ1v) is 9.99. The van der Waals surface area contributed by atoms with E-state index in [4.69, 9.17) is 4.74 Å². The standard InChI is InChI=1S/C26H25NO2/c1-19-9-8-14-23-24(16-27-26(19)23)22(15-25(28)21-12-6-3-7-13-21)18-29-17-20-10-4-2-5-11-20/h2-14,16,22,27H,15,17-18H2,1H3/t22-/m0/s1. The fraction of sp³-hybridized carbons (Fsp3) is 0.192. The number of carbonyl (C=O) groups is 1. The number of benzene rings is 3. The molecule has 0 spiro atoms. The highest BCUT2D eigenvalue weighted by Crippen LogP contribution is 2.31. The number of H-pyrrole nitrogens is 1. The molecule has 1 atom stereocenters. The van der Waals surface area contributed by atoms with Gasteiger partial charge in [-0.2, -0.15) is 0 Å². The lowest BCUT2D eigenvalue weighted by Gasteiger charge is -2.17. The predicted octanol–water partition coefficient (Wildman–Crippen LogP) is 6.05. The lowest BCUT2D eigenvalue weighted by molar-refractivity contribution is 0.0868. The Bertz CT molecular complexity index is 1080. The maximum absolute atomic E-state index is 12.9. The van der Waals surface area contributed by atoms with Crippen LogP contribution in [0, 0.1) is 6.92 Å². The van der Waals surface area contributed by atoms with Crippen molar-refractivity contribution in [2.24, 2.45) is 0 Å². The maximum Gasteiger partial charge on any atom is 0.163 e. The molecule has 0 aliphatic heterocycles. The first-order valence-electron chi connectivity index (χ1n) is 9.99. The topological polar surface area (TPSA) is 42.1 Å². The molecule has 0 saturated carbocycles. The third-order valence-electron chi connectivity index (χ3n) is 5.35. The van der Waals surface area contributed by atoms with Crippen molar-refractivity contribution in [2.45, 2.75) is 25.9 Å². The van der Waals surface area contributed by atoms with Gasteiger partial charge in [0.1, 0.15) is 0 Å². The normalized spacial score (nSPS) is 12.2. The first kappa shape index (κ1) is 19.2. The number of carbonyl (C=O) groups excluding carboxylic acids is 1. The number of nitrogens with one attached hydrogen (secondary N) is 1. The minimum absolute atomic E-state index is 0.0121. The highest BCUT2D eigenvalue weighted by Gasteiger charge is 2.21. The van der Waals surface area contributed by atoms with E-state index in [1.54, 1.807) is 0 Å². The van der Waals surface area contributed by atoms with Crippen molar-refractivity contribution >= 4 is 16.7 Å². The summed E-state index contributed by atoms with van der Waals surface area (Å²) in [7, 11) is 0. The van der Waals surface area contributed by atoms with Gasteiger partial charge >= 0.3 is 0 Å². The molecule has 4 rings (SSSR count). The smallest absolute Gasteiger partial charge is 0.163 e. The number of hydrogen-bond acceptors (Lipinski definition) is 2. The molecule has 4 aromatic rings. The average molecular weight is 383 g/mol. The van der Waals surface area contributed by atoms with Crippen LogP contribution in [-0.4, -0.2) is 17.4 Å². The van der Waals surface area contributed by atoms with Crippen LogP contribution in [0.2, 0.25) is 0 Å². The molecule has 146 valence electrons. The number of aromatic amines is 1. The zero-order valence-corrected chi connectivity index (χ0v) is 16.6. The van der Waals surface area contributed by atoms with E-state index in [1.807, 2.05) is 54.7 Å². The number of para-hydroxylation sites is 1. The Labute approximate surface area is 171 Å². The van der Waals surface area contributed by atoms with Crippen molar-refractivity contribution in [1.82, 2.24) is 4.98 Å². The van der Waals surface area contributed by atoms with E-state index < -0.39 is 0 Å². The molecular formula is C26H25NO2. The largest absolute Gasteiger partial charge is 0.376 e. The van der Waals surface area contributed by atoms with Crippen molar-refractivity contribution in [2.75, 3.05) is 6.61 Å². The quantitative estimate of drug-likeness (QED) is 0.376. The summed E-state index contributed by atoms with van der Waals surface area (Å²) in [6.45, 7) is 3.13. The van der Waals surface area contributed by atoms with Gasteiger partial charge in [-0.05, 0) is 23.6 Å². The van der Waals surface area contributed by atoms with Crippen LogP contribution in [0.4, 0.5) is 0 Å². The lowest BCUT2D eigenvalue weighted by Crippen LogP contribution is -2.13. The molecule has 1 N–H and O–H groups in total. The molecular weight excluding hydrogens is 358 g/mol. The highest BCUT2D eigenvalue weighted by atomic mass is 16.5. The van der Waals surface area contributed by atoms with Crippen LogP contribution >= 0.6 is 0 Å². The zero-order valence-electron chi connectivity index (χ0n) is 16.6. The number of hydrogen-bond donors (Lipinski definition) is 1. The molecule has 1 heterocycles. The third-order valence-corrected chi connectivity index (χ3v) is 5.35. The van der Waals surface area contributed by atoms with Crippen LogP contribution < -0.4 is 0 Å². The average Bonchev–Trinajstić information content (AvgIpc) is 3.20. The van der Waals surface area contributed by atoms with Crippen LogP contribution in [0.1, 0.15) is 39.4 Å². The van der Waals surface area contributed by atoms with Gasteiger partial charge in [0.25, 0.3) is 0 Å². The second-order valence-electron chi connectivity index (χ2n) is 7.43. The molecule has 0 fully saturated rings. The molecule has 0 aliphatic carbocycles. The second kappa shape index (κ2) is 8.89. The maximum atomic E-state index is 12.9. The molecule has 0 aliphatic rings. The number of aryl methyl sites for hydroxylation is 1. The molecule has 0 radical (unpaired) electrons. The van der Waals surface area contributed by atoms with E-state index in [-0.39, 0.29) is 11.7 Å². The number of aromatic nitrogens is 1. The number of Topliss-reactive ketones (excluding diaryl/α,β-unsaturated/α-hetero) is 1. The second-order valence-corrected chi connectivity index (χ2v) is 7.43. The van der Waals surface area contributed by atoms with E-state index >= 15 is 0 Å². The summed E-state index contributed by atoms with van der Waals surface area (Å²) in [5.74, 6) is 0.128. The molecule has 0 bridgehead atoms. The summed E-state index contributed by atoms with van der Waals surface area (Å²) in [4.78, 5) is 16.3. The Morgan fingerprint density at radius 3 is 2.41 bits per heavy atom. The van der Waals surface area contributed by atoms with Crippen LogP contribution in [-0.2, 0) is 11.3 Å².